The third-order valence-electron chi connectivity index (χ3n) is 5.00. The van der Waals surface area contributed by atoms with Crippen molar-refractivity contribution in [3.8, 4) is 5.88 Å². The maximum Gasteiger partial charge on any atom is 0.257 e. The van der Waals surface area contributed by atoms with Crippen LogP contribution in [-0.4, -0.2) is 39.1 Å². The average Bonchev–Trinajstić information content (AvgIpc) is 2.65. The molecule has 5 nitrogen and oxygen atoms in total. The Balaban J connectivity index is 1.87. The highest BCUT2D eigenvalue weighted by molar-refractivity contribution is 5.24. The van der Waals surface area contributed by atoms with E-state index >= 15 is 0 Å². The van der Waals surface area contributed by atoms with Crippen molar-refractivity contribution in [2.24, 2.45) is 0 Å². The van der Waals surface area contributed by atoms with E-state index < -0.39 is 0 Å². The van der Waals surface area contributed by atoms with Crippen LogP contribution in [0, 0.1) is 0 Å². The number of aromatic nitrogens is 2. The monoisotopic (exact) mass is 277 g/mol. The van der Waals surface area contributed by atoms with Crippen LogP contribution in [0.1, 0.15) is 56.3 Å². The van der Waals surface area contributed by atoms with Gasteiger partial charge in [0.2, 0.25) is 5.88 Å². The van der Waals surface area contributed by atoms with Gasteiger partial charge >= 0.3 is 0 Å². The van der Waals surface area contributed by atoms with Gasteiger partial charge in [0.25, 0.3) is 5.56 Å². The second-order valence-electron chi connectivity index (χ2n) is 6.22. The molecule has 2 atom stereocenters. The van der Waals surface area contributed by atoms with E-state index in [0.29, 0.717) is 29.9 Å². The second-order valence-corrected chi connectivity index (χ2v) is 6.22. The Hall–Kier alpha value is -1.36. The lowest BCUT2D eigenvalue weighted by Crippen LogP contribution is -2.39. The number of hydrogen-bond donors (Lipinski definition) is 2. The Morgan fingerprint density at radius 1 is 1.35 bits per heavy atom. The van der Waals surface area contributed by atoms with E-state index in [9.17, 15) is 9.90 Å². The van der Waals surface area contributed by atoms with Crippen LogP contribution < -0.4 is 5.56 Å². The zero-order valence-corrected chi connectivity index (χ0v) is 12.2. The molecule has 2 saturated heterocycles. The van der Waals surface area contributed by atoms with Crippen molar-refractivity contribution in [2.75, 3.05) is 7.05 Å². The average molecular weight is 277 g/mol. The minimum Gasteiger partial charge on any atom is -0.493 e. The summed E-state index contributed by atoms with van der Waals surface area (Å²) in [6, 6.07) is 1.20. The molecule has 5 heteroatoms. The van der Waals surface area contributed by atoms with Gasteiger partial charge < -0.3 is 15.0 Å². The standard InChI is InChI=1S/C15H23N3O2/c1-3-4-12-14(19)16-13(17-15(12)20)9-7-10-5-6-11(8-9)18(10)2/h9-11H,3-8H2,1-2H3,(H2,16,17,19,20). The van der Waals surface area contributed by atoms with Crippen LogP contribution in [-0.2, 0) is 6.42 Å². The Labute approximate surface area is 119 Å². The summed E-state index contributed by atoms with van der Waals surface area (Å²) >= 11 is 0. The zero-order valence-electron chi connectivity index (χ0n) is 12.2. The Kier molecular flexibility index (Phi) is 3.54. The minimum absolute atomic E-state index is 0.0723. The normalized spacial score (nSPS) is 29.8. The molecule has 0 spiro atoms. The smallest absolute Gasteiger partial charge is 0.257 e. The highest BCUT2D eigenvalue weighted by Crippen LogP contribution is 2.41. The number of H-pyrrole nitrogens is 1. The summed E-state index contributed by atoms with van der Waals surface area (Å²) in [6.07, 6.45) is 5.94. The summed E-state index contributed by atoms with van der Waals surface area (Å²) in [4.78, 5) is 21.7. The van der Waals surface area contributed by atoms with Gasteiger partial charge in [0.1, 0.15) is 5.82 Å². The Morgan fingerprint density at radius 3 is 2.55 bits per heavy atom. The molecular formula is C15H23N3O2. The summed E-state index contributed by atoms with van der Waals surface area (Å²) in [7, 11) is 2.19. The van der Waals surface area contributed by atoms with Crippen molar-refractivity contribution in [1.29, 1.82) is 0 Å². The van der Waals surface area contributed by atoms with Crippen molar-refractivity contribution in [3.63, 3.8) is 0 Å². The quantitative estimate of drug-likeness (QED) is 0.883. The van der Waals surface area contributed by atoms with Gasteiger partial charge in [-0.2, -0.15) is 4.98 Å². The molecule has 2 aliphatic rings. The molecule has 0 radical (unpaired) electrons. The number of nitrogens with zero attached hydrogens (tertiary/aromatic N) is 2. The van der Waals surface area contributed by atoms with E-state index in [-0.39, 0.29) is 17.4 Å². The number of aromatic hydroxyl groups is 1. The van der Waals surface area contributed by atoms with Gasteiger partial charge in [0.15, 0.2) is 0 Å². The molecule has 3 rings (SSSR count). The lowest BCUT2D eigenvalue weighted by Gasteiger charge is -2.35. The largest absolute Gasteiger partial charge is 0.493 e. The molecule has 20 heavy (non-hydrogen) atoms. The summed E-state index contributed by atoms with van der Waals surface area (Å²) in [5.41, 5.74) is 0.257. The number of piperidine rings is 1. The number of hydrogen-bond acceptors (Lipinski definition) is 4. The van der Waals surface area contributed by atoms with Crippen molar-refractivity contribution in [2.45, 2.75) is 63.5 Å². The second kappa shape index (κ2) is 5.20. The zero-order chi connectivity index (χ0) is 14.3. The molecule has 0 aromatic carbocycles. The highest BCUT2D eigenvalue weighted by atomic mass is 16.3. The van der Waals surface area contributed by atoms with Gasteiger partial charge in [-0.05, 0) is 39.2 Å². The van der Waals surface area contributed by atoms with E-state index in [1.54, 1.807) is 0 Å². The molecule has 2 fully saturated rings. The van der Waals surface area contributed by atoms with Gasteiger partial charge in [-0.15, -0.1) is 0 Å². The molecule has 110 valence electrons. The third kappa shape index (κ3) is 2.24. The summed E-state index contributed by atoms with van der Waals surface area (Å²) < 4.78 is 0. The molecule has 2 bridgehead atoms. The topological polar surface area (TPSA) is 69.2 Å². The summed E-state index contributed by atoms with van der Waals surface area (Å²) in [6.45, 7) is 1.99. The number of rotatable bonds is 3. The molecule has 0 amide bonds. The molecule has 1 aromatic rings. The Morgan fingerprint density at radius 2 is 2.00 bits per heavy atom. The summed E-state index contributed by atoms with van der Waals surface area (Å²) in [5.74, 6) is 0.882. The number of nitrogens with one attached hydrogen (secondary N) is 1. The van der Waals surface area contributed by atoms with Crippen LogP contribution >= 0.6 is 0 Å². The van der Waals surface area contributed by atoms with E-state index in [0.717, 1.165) is 19.3 Å². The first-order valence-corrected chi connectivity index (χ1v) is 7.64. The van der Waals surface area contributed by atoms with E-state index in [2.05, 4.69) is 21.9 Å². The van der Waals surface area contributed by atoms with Crippen LogP contribution in [0.3, 0.4) is 0 Å². The third-order valence-corrected chi connectivity index (χ3v) is 5.00. The molecule has 2 unspecified atom stereocenters. The lowest BCUT2D eigenvalue weighted by molar-refractivity contribution is 0.158. The molecular weight excluding hydrogens is 254 g/mol. The van der Waals surface area contributed by atoms with Crippen LogP contribution in [0.15, 0.2) is 4.79 Å². The summed E-state index contributed by atoms with van der Waals surface area (Å²) in [5, 5.41) is 9.99. The van der Waals surface area contributed by atoms with Crippen molar-refractivity contribution < 1.29 is 5.11 Å². The van der Waals surface area contributed by atoms with Crippen LogP contribution in [0.25, 0.3) is 0 Å². The first-order valence-electron chi connectivity index (χ1n) is 7.64. The van der Waals surface area contributed by atoms with Gasteiger partial charge in [0.05, 0.1) is 5.56 Å². The predicted molar refractivity (Wildman–Crippen MR) is 77.1 cm³/mol. The first-order chi connectivity index (χ1) is 9.60. The first kappa shape index (κ1) is 13.6. The van der Waals surface area contributed by atoms with Crippen LogP contribution in [0.2, 0.25) is 0 Å². The number of fused-ring (bicyclic) bond motifs is 2. The number of aromatic amines is 1. The van der Waals surface area contributed by atoms with Gasteiger partial charge in [-0.3, -0.25) is 4.79 Å². The van der Waals surface area contributed by atoms with E-state index in [1.165, 1.54) is 12.8 Å². The highest BCUT2D eigenvalue weighted by Gasteiger charge is 2.39. The van der Waals surface area contributed by atoms with Crippen LogP contribution in [0.4, 0.5) is 0 Å². The molecule has 1 aromatic heterocycles. The maximum atomic E-state index is 12.1. The van der Waals surface area contributed by atoms with Gasteiger partial charge in [-0.1, -0.05) is 13.3 Å². The van der Waals surface area contributed by atoms with Gasteiger partial charge in [0, 0.05) is 18.0 Å². The van der Waals surface area contributed by atoms with E-state index in [1.807, 2.05) is 6.92 Å². The molecule has 2 N–H and O–H groups in total. The minimum atomic E-state index is -0.166. The predicted octanol–water partition coefficient (Wildman–Crippen LogP) is 1.77. The molecule has 3 heterocycles. The fraction of sp³-hybridized carbons (Fsp3) is 0.733. The molecule has 0 aliphatic carbocycles. The fourth-order valence-corrected chi connectivity index (χ4v) is 3.81. The molecule has 2 aliphatic heterocycles. The van der Waals surface area contributed by atoms with Crippen molar-refractivity contribution in [3.05, 3.63) is 21.7 Å². The maximum absolute atomic E-state index is 12.1. The van der Waals surface area contributed by atoms with E-state index in [4.69, 9.17) is 0 Å². The lowest BCUT2D eigenvalue weighted by atomic mass is 9.90. The van der Waals surface area contributed by atoms with Crippen molar-refractivity contribution in [1.82, 2.24) is 14.9 Å². The molecule has 0 saturated carbocycles. The fourth-order valence-electron chi connectivity index (χ4n) is 3.81. The van der Waals surface area contributed by atoms with Crippen LogP contribution in [0.5, 0.6) is 5.88 Å². The SMILES string of the molecule is CCCc1c(O)nc(C2CC3CCC(C2)N3C)[nH]c1=O. The Bertz CT molecular complexity index is 541. The van der Waals surface area contributed by atoms with Gasteiger partial charge in [-0.25, -0.2) is 0 Å². The van der Waals surface area contributed by atoms with Crippen molar-refractivity contribution >= 4 is 0 Å².